The van der Waals surface area contributed by atoms with E-state index < -0.39 is 11.6 Å². The van der Waals surface area contributed by atoms with Crippen molar-refractivity contribution in [3.8, 4) is 5.75 Å². The minimum absolute atomic E-state index is 0.102. The summed E-state index contributed by atoms with van der Waals surface area (Å²) in [4.78, 5) is 30.6. The van der Waals surface area contributed by atoms with Crippen LogP contribution in [0.2, 0.25) is 0 Å². The van der Waals surface area contributed by atoms with Gasteiger partial charge in [-0.05, 0) is 56.7 Å². The van der Waals surface area contributed by atoms with Crippen LogP contribution >= 0.6 is 0 Å². The topological polar surface area (TPSA) is 106 Å². The molecule has 2 aliphatic rings. The smallest absolute Gasteiger partial charge is 0.322 e. The molecule has 0 saturated carbocycles. The van der Waals surface area contributed by atoms with Crippen LogP contribution in [0.25, 0.3) is 0 Å². The van der Waals surface area contributed by atoms with E-state index in [1.54, 1.807) is 12.1 Å². The van der Waals surface area contributed by atoms with Gasteiger partial charge in [-0.2, -0.15) is 0 Å². The average molecular weight is 387 g/mol. The first-order chi connectivity index (χ1) is 13.4. The van der Waals surface area contributed by atoms with Gasteiger partial charge < -0.3 is 20.6 Å². The summed E-state index contributed by atoms with van der Waals surface area (Å²) < 4.78 is 0. The van der Waals surface area contributed by atoms with Gasteiger partial charge >= 0.3 is 6.03 Å². The van der Waals surface area contributed by atoms with Gasteiger partial charge in [-0.1, -0.05) is 12.1 Å². The summed E-state index contributed by atoms with van der Waals surface area (Å²) in [6, 6.07) is 6.83. The molecule has 152 valence electrons. The number of aromatic hydroxyl groups is 1. The van der Waals surface area contributed by atoms with Crippen LogP contribution < -0.4 is 16.0 Å². The Bertz CT molecular complexity index is 758. The van der Waals surface area contributed by atoms with Gasteiger partial charge in [0.1, 0.15) is 11.3 Å². The van der Waals surface area contributed by atoms with Crippen LogP contribution in [-0.4, -0.2) is 59.6 Å². The highest BCUT2D eigenvalue weighted by Gasteiger charge is 2.48. The van der Waals surface area contributed by atoms with Gasteiger partial charge in [0.15, 0.2) is 5.96 Å². The van der Waals surface area contributed by atoms with Crippen molar-refractivity contribution in [2.45, 2.75) is 38.6 Å². The van der Waals surface area contributed by atoms with E-state index in [9.17, 15) is 14.7 Å². The lowest BCUT2D eigenvalue weighted by atomic mass is 9.79. The molecule has 4 N–H and O–H groups in total. The highest BCUT2D eigenvalue weighted by molar-refractivity contribution is 6.07. The third-order valence-electron chi connectivity index (χ3n) is 5.59. The third kappa shape index (κ3) is 4.37. The van der Waals surface area contributed by atoms with Gasteiger partial charge in [0.25, 0.3) is 5.91 Å². The fourth-order valence-electron chi connectivity index (χ4n) is 3.94. The first-order valence-corrected chi connectivity index (χ1v) is 9.87. The zero-order valence-corrected chi connectivity index (χ0v) is 16.5. The maximum Gasteiger partial charge on any atom is 0.322 e. The minimum Gasteiger partial charge on any atom is -0.508 e. The number of nitrogens with one attached hydrogen (secondary N) is 3. The normalized spacial score (nSPS) is 23.5. The van der Waals surface area contributed by atoms with Crippen LogP contribution in [-0.2, 0) is 11.2 Å². The number of phenols is 1. The molecule has 2 fully saturated rings. The van der Waals surface area contributed by atoms with Crippen molar-refractivity contribution in [3.05, 3.63) is 29.8 Å². The van der Waals surface area contributed by atoms with Crippen molar-refractivity contribution < 1.29 is 14.7 Å². The molecule has 0 aliphatic carbocycles. The zero-order valence-electron chi connectivity index (χ0n) is 16.5. The molecule has 0 spiro atoms. The molecule has 1 atom stereocenters. The lowest BCUT2D eigenvalue weighted by Crippen LogP contribution is -2.55. The van der Waals surface area contributed by atoms with Crippen LogP contribution in [0.5, 0.6) is 5.75 Å². The highest BCUT2D eigenvalue weighted by atomic mass is 16.3. The summed E-state index contributed by atoms with van der Waals surface area (Å²) in [5.41, 5.74) is 0.225. The predicted octanol–water partition coefficient (Wildman–Crippen LogP) is 1.21. The molecule has 0 aromatic heterocycles. The second-order valence-corrected chi connectivity index (χ2v) is 7.53. The molecule has 2 aliphatic heterocycles. The Kier molecular flexibility index (Phi) is 6.06. The Labute approximate surface area is 165 Å². The lowest BCUT2D eigenvalue weighted by molar-refractivity contribution is -0.125. The van der Waals surface area contributed by atoms with Crippen LogP contribution in [0.3, 0.4) is 0 Å². The van der Waals surface area contributed by atoms with E-state index in [0.29, 0.717) is 6.54 Å². The molecule has 3 amide bonds. The van der Waals surface area contributed by atoms with E-state index in [2.05, 4.69) is 20.9 Å². The van der Waals surface area contributed by atoms with Crippen LogP contribution in [0, 0.1) is 5.92 Å². The van der Waals surface area contributed by atoms with Crippen LogP contribution in [0.1, 0.15) is 32.3 Å². The van der Waals surface area contributed by atoms with Gasteiger partial charge in [-0.25, -0.2) is 4.79 Å². The highest BCUT2D eigenvalue weighted by Crippen LogP contribution is 2.30. The fourth-order valence-corrected chi connectivity index (χ4v) is 3.94. The van der Waals surface area contributed by atoms with Gasteiger partial charge in [0.05, 0.1) is 0 Å². The molecule has 3 rings (SSSR count). The number of piperidine rings is 1. The van der Waals surface area contributed by atoms with Crippen molar-refractivity contribution in [1.82, 2.24) is 20.9 Å². The molecule has 1 aromatic rings. The summed E-state index contributed by atoms with van der Waals surface area (Å²) in [5, 5.41) is 18.0. The van der Waals surface area contributed by atoms with E-state index in [0.717, 1.165) is 50.4 Å². The molecular weight excluding hydrogens is 358 g/mol. The zero-order chi connectivity index (χ0) is 20.1. The summed E-state index contributed by atoms with van der Waals surface area (Å²) in [6.07, 6.45) is 2.37. The van der Waals surface area contributed by atoms with Gasteiger partial charge in [-0.3, -0.25) is 15.1 Å². The van der Waals surface area contributed by atoms with E-state index in [4.69, 9.17) is 4.99 Å². The Hall–Kier alpha value is -2.77. The molecule has 1 aromatic carbocycles. The number of aliphatic imine (C=N–C) groups is 1. The molecule has 8 nitrogen and oxygen atoms in total. The monoisotopic (exact) mass is 387 g/mol. The maximum atomic E-state index is 12.2. The number of carbonyl (C=O) groups excluding carboxylic acids is 2. The van der Waals surface area contributed by atoms with Crippen LogP contribution in [0.15, 0.2) is 29.3 Å². The molecule has 0 radical (unpaired) electrons. The van der Waals surface area contributed by atoms with E-state index >= 15 is 0 Å². The first kappa shape index (κ1) is 20.0. The van der Waals surface area contributed by atoms with Crippen molar-refractivity contribution >= 4 is 17.9 Å². The third-order valence-corrected chi connectivity index (χ3v) is 5.59. The number of rotatable bonds is 5. The molecule has 8 heteroatoms. The van der Waals surface area contributed by atoms with E-state index in [1.807, 2.05) is 26.0 Å². The summed E-state index contributed by atoms with van der Waals surface area (Å²) in [6.45, 7) is 6.81. The number of carbonyl (C=O) groups is 2. The number of benzene rings is 1. The number of guanidine groups is 1. The average Bonchev–Trinajstić information content (AvgIpc) is 2.94. The van der Waals surface area contributed by atoms with Crippen LogP contribution in [0.4, 0.5) is 4.79 Å². The predicted molar refractivity (Wildman–Crippen MR) is 107 cm³/mol. The largest absolute Gasteiger partial charge is 0.508 e. The summed E-state index contributed by atoms with van der Waals surface area (Å²) in [7, 11) is 0. The number of imide groups is 1. The van der Waals surface area contributed by atoms with Crippen molar-refractivity contribution in [1.29, 1.82) is 0 Å². The molecule has 1 unspecified atom stereocenters. The van der Waals surface area contributed by atoms with Gasteiger partial charge in [0, 0.05) is 26.2 Å². The number of urea groups is 1. The molecule has 28 heavy (non-hydrogen) atoms. The quantitative estimate of drug-likeness (QED) is 0.345. The second kappa shape index (κ2) is 8.50. The maximum absolute atomic E-state index is 12.2. The van der Waals surface area contributed by atoms with E-state index in [1.165, 1.54) is 0 Å². The standard InChI is InChI=1S/C20H29N5O3/c1-3-21-18(22-10-7-14-5-4-6-16(26)13-14)25-11-8-15(9-12-25)20(2)17(27)23-19(28)24-20/h4-6,13,15,26H,3,7-12H2,1-2H3,(H,21,22)(H2,23,24,27,28). The Morgan fingerprint density at radius 1 is 1.36 bits per heavy atom. The van der Waals surface area contributed by atoms with Gasteiger partial charge in [0.2, 0.25) is 0 Å². The Balaban J connectivity index is 1.58. The molecule has 0 bridgehead atoms. The minimum atomic E-state index is -0.825. The number of nitrogens with zero attached hydrogens (tertiary/aromatic N) is 2. The molecule has 2 saturated heterocycles. The summed E-state index contributed by atoms with van der Waals surface area (Å²) >= 11 is 0. The number of hydrogen-bond acceptors (Lipinski definition) is 4. The lowest BCUT2D eigenvalue weighted by Gasteiger charge is -2.39. The number of phenolic OH excluding ortho intramolecular Hbond substituents is 1. The summed E-state index contributed by atoms with van der Waals surface area (Å²) in [5.74, 6) is 1.01. The number of hydrogen-bond donors (Lipinski definition) is 4. The first-order valence-electron chi connectivity index (χ1n) is 9.87. The Morgan fingerprint density at radius 2 is 2.11 bits per heavy atom. The van der Waals surface area contributed by atoms with Crippen molar-refractivity contribution in [3.63, 3.8) is 0 Å². The molecule has 2 heterocycles. The SMILES string of the molecule is CCNC(=NCCc1cccc(O)c1)N1CCC(C2(C)NC(=O)NC2=O)CC1. The number of amides is 3. The Morgan fingerprint density at radius 3 is 2.71 bits per heavy atom. The van der Waals surface area contributed by atoms with Gasteiger partial charge in [-0.15, -0.1) is 0 Å². The van der Waals surface area contributed by atoms with E-state index in [-0.39, 0.29) is 17.6 Å². The second-order valence-electron chi connectivity index (χ2n) is 7.53. The number of likely N-dealkylation sites (tertiary alicyclic amines) is 1. The van der Waals surface area contributed by atoms with Crippen molar-refractivity contribution in [2.24, 2.45) is 10.9 Å². The van der Waals surface area contributed by atoms with Crippen molar-refractivity contribution in [2.75, 3.05) is 26.2 Å². The fraction of sp³-hybridized carbons (Fsp3) is 0.550. The molecular formula is C20H29N5O3.